The lowest BCUT2D eigenvalue weighted by atomic mass is 9.92. The Kier molecular flexibility index (Phi) is 5.18. The van der Waals surface area contributed by atoms with Crippen molar-refractivity contribution in [1.29, 1.82) is 0 Å². The summed E-state index contributed by atoms with van der Waals surface area (Å²) in [6, 6.07) is 6.59. The van der Waals surface area contributed by atoms with Crippen molar-refractivity contribution >= 4 is 11.7 Å². The van der Waals surface area contributed by atoms with Crippen molar-refractivity contribution in [1.82, 2.24) is 14.9 Å². The van der Waals surface area contributed by atoms with Gasteiger partial charge in [0.1, 0.15) is 17.3 Å². The van der Waals surface area contributed by atoms with Crippen LogP contribution in [0.1, 0.15) is 28.9 Å². The molecule has 2 aromatic heterocycles. The Morgan fingerprint density at radius 3 is 2.88 bits per heavy atom. The molecular weight excluding hydrogens is 335 g/mol. The lowest BCUT2D eigenvalue weighted by molar-refractivity contribution is -0.000304. The van der Waals surface area contributed by atoms with Crippen molar-refractivity contribution in [3.63, 3.8) is 0 Å². The van der Waals surface area contributed by atoms with E-state index in [2.05, 4.69) is 9.97 Å². The van der Waals surface area contributed by atoms with Gasteiger partial charge in [-0.1, -0.05) is 6.07 Å². The van der Waals surface area contributed by atoms with Crippen molar-refractivity contribution in [3.8, 4) is 0 Å². The van der Waals surface area contributed by atoms with Gasteiger partial charge in [0, 0.05) is 26.3 Å². The molecule has 3 rings (SSSR count). The van der Waals surface area contributed by atoms with Crippen LogP contribution in [0, 0.1) is 12.7 Å². The zero-order chi connectivity index (χ0) is 18.7. The molecule has 138 valence electrons. The first-order valence-corrected chi connectivity index (χ1v) is 8.64. The number of amides is 1. The minimum Gasteiger partial charge on any atom is -0.386 e. The Hall–Kier alpha value is -2.54. The highest BCUT2D eigenvalue weighted by atomic mass is 19.1. The van der Waals surface area contributed by atoms with Gasteiger partial charge in [0.25, 0.3) is 5.91 Å². The van der Waals surface area contributed by atoms with E-state index < -0.39 is 11.4 Å². The first-order valence-electron chi connectivity index (χ1n) is 8.64. The molecule has 6 nitrogen and oxygen atoms in total. The Morgan fingerprint density at radius 1 is 1.38 bits per heavy atom. The van der Waals surface area contributed by atoms with Crippen LogP contribution < -0.4 is 4.90 Å². The minimum absolute atomic E-state index is 0.194. The normalized spacial score (nSPS) is 20.1. The third kappa shape index (κ3) is 3.99. The van der Waals surface area contributed by atoms with Crippen LogP contribution in [0.3, 0.4) is 0 Å². The molecule has 1 aliphatic rings. The molecule has 7 heteroatoms. The van der Waals surface area contributed by atoms with E-state index in [1.165, 1.54) is 17.2 Å². The van der Waals surface area contributed by atoms with E-state index in [1.54, 1.807) is 25.4 Å². The highest BCUT2D eigenvalue weighted by Crippen LogP contribution is 2.26. The van der Waals surface area contributed by atoms with E-state index in [0.29, 0.717) is 24.5 Å². The quantitative estimate of drug-likeness (QED) is 0.906. The van der Waals surface area contributed by atoms with Gasteiger partial charge in [-0.3, -0.25) is 9.78 Å². The monoisotopic (exact) mass is 358 g/mol. The van der Waals surface area contributed by atoms with Gasteiger partial charge >= 0.3 is 0 Å². The Balaban J connectivity index is 1.70. The van der Waals surface area contributed by atoms with Crippen molar-refractivity contribution in [3.05, 3.63) is 53.7 Å². The molecule has 1 fully saturated rings. The number of nitrogens with zero attached hydrogens (tertiary/aromatic N) is 4. The molecule has 0 bridgehead atoms. The highest BCUT2D eigenvalue weighted by Gasteiger charge is 2.36. The van der Waals surface area contributed by atoms with Crippen LogP contribution in [0.2, 0.25) is 0 Å². The standard InChI is InChI=1S/C19H23FN4O2/c1-14-5-3-9-21-17(14)18(25)23(2)12-19(26)8-4-10-24(13-19)16-7-6-15(20)11-22-16/h3,5-7,9,11,26H,4,8,10,12-13H2,1-2H3. The number of hydrogen-bond acceptors (Lipinski definition) is 5. The number of carbonyl (C=O) groups is 1. The van der Waals surface area contributed by atoms with Gasteiger partial charge in [0.15, 0.2) is 0 Å². The van der Waals surface area contributed by atoms with Crippen molar-refractivity contribution in [2.75, 3.05) is 31.6 Å². The second-order valence-corrected chi connectivity index (χ2v) is 6.91. The molecule has 3 heterocycles. The molecule has 1 saturated heterocycles. The summed E-state index contributed by atoms with van der Waals surface area (Å²) in [7, 11) is 1.67. The largest absolute Gasteiger partial charge is 0.386 e. The van der Waals surface area contributed by atoms with Gasteiger partial charge in [-0.2, -0.15) is 0 Å². The van der Waals surface area contributed by atoms with E-state index in [1.807, 2.05) is 17.9 Å². The van der Waals surface area contributed by atoms with Crippen LogP contribution in [0.5, 0.6) is 0 Å². The van der Waals surface area contributed by atoms with E-state index >= 15 is 0 Å². The number of anilines is 1. The summed E-state index contributed by atoms with van der Waals surface area (Å²) >= 11 is 0. The molecule has 2 aromatic rings. The van der Waals surface area contributed by atoms with E-state index in [-0.39, 0.29) is 12.5 Å². The summed E-state index contributed by atoms with van der Waals surface area (Å²) < 4.78 is 13.1. The number of hydrogen-bond donors (Lipinski definition) is 1. The van der Waals surface area contributed by atoms with Crippen molar-refractivity contribution in [2.24, 2.45) is 0 Å². The summed E-state index contributed by atoms with van der Waals surface area (Å²) in [4.78, 5) is 24.3. The predicted octanol–water partition coefficient (Wildman–Crippen LogP) is 2.03. The molecular formula is C19H23FN4O2. The smallest absolute Gasteiger partial charge is 0.272 e. The number of piperidine rings is 1. The lowest BCUT2D eigenvalue weighted by Gasteiger charge is -2.41. The van der Waals surface area contributed by atoms with Crippen LogP contribution in [0.4, 0.5) is 10.2 Å². The number of aliphatic hydroxyl groups is 1. The van der Waals surface area contributed by atoms with Gasteiger partial charge in [0.05, 0.1) is 18.3 Å². The van der Waals surface area contributed by atoms with Gasteiger partial charge in [-0.25, -0.2) is 9.37 Å². The fourth-order valence-electron chi connectivity index (χ4n) is 3.40. The average molecular weight is 358 g/mol. The topological polar surface area (TPSA) is 69.6 Å². The number of halogens is 1. The molecule has 0 aliphatic carbocycles. The zero-order valence-corrected chi connectivity index (χ0v) is 15.0. The fourth-order valence-corrected chi connectivity index (χ4v) is 3.40. The van der Waals surface area contributed by atoms with Crippen LogP contribution in [-0.2, 0) is 0 Å². The van der Waals surface area contributed by atoms with Crippen molar-refractivity contribution < 1.29 is 14.3 Å². The Bertz CT molecular complexity index is 783. The van der Waals surface area contributed by atoms with Crippen LogP contribution in [0.15, 0.2) is 36.7 Å². The minimum atomic E-state index is -1.05. The molecule has 26 heavy (non-hydrogen) atoms. The van der Waals surface area contributed by atoms with E-state index in [4.69, 9.17) is 0 Å². The summed E-state index contributed by atoms with van der Waals surface area (Å²) in [5.41, 5.74) is 0.144. The predicted molar refractivity (Wildman–Crippen MR) is 96.5 cm³/mol. The summed E-state index contributed by atoms with van der Waals surface area (Å²) in [5, 5.41) is 11.0. The van der Waals surface area contributed by atoms with Crippen LogP contribution in [-0.4, -0.2) is 58.2 Å². The lowest BCUT2D eigenvalue weighted by Crippen LogP contribution is -2.55. The maximum absolute atomic E-state index is 13.1. The molecule has 0 radical (unpaired) electrons. The first-order chi connectivity index (χ1) is 12.4. The van der Waals surface area contributed by atoms with Gasteiger partial charge in [-0.15, -0.1) is 0 Å². The van der Waals surface area contributed by atoms with Crippen molar-refractivity contribution in [2.45, 2.75) is 25.4 Å². The number of pyridine rings is 2. The number of aryl methyl sites for hydroxylation is 1. The summed E-state index contributed by atoms with van der Waals surface area (Å²) in [5.74, 6) is 0.0183. The number of β-amino-alcohol motifs (C(OH)–C–C–N with tert-alkyl or cyclic N) is 1. The second-order valence-electron chi connectivity index (χ2n) is 6.91. The number of carbonyl (C=O) groups excluding carboxylic acids is 1. The molecule has 1 amide bonds. The molecule has 0 aromatic carbocycles. The maximum Gasteiger partial charge on any atom is 0.272 e. The summed E-state index contributed by atoms with van der Waals surface area (Å²) in [6.45, 7) is 3.10. The summed E-state index contributed by atoms with van der Waals surface area (Å²) in [6.07, 6.45) is 4.11. The van der Waals surface area contributed by atoms with Gasteiger partial charge < -0.3 is 14.9 Å². The molecule has 1 aliphatic heterocycles. The SMILES string of the molecule is Cc1cccnc1C(=O)N(C)CC1(O)CCCN(c2ccc(F)cn2)C1. The zero-order valence-electron chi connectivity index (χ0n) is 15.0. The second kappa shape index (κ2) is 7.37. The fraction of sp³-hybridized carbons (Fsp3) is 0.421. The molecule has 1 atom stereocenters. The number of likely N-dealkylation sites (N-methyl/N-ethyl adjacent to an activating group) is 1. The molecule has 0 saturated carbocycles. The van der Waals surface area contributed by atoms with Crippen LogP contribution >= 0.6 is 0 Å². The Labute approximate surface area is 152 Å². The molecule has 1 N–H and O–H groups in total. The van der Waals surface area contributed by atoms with Gasteiger partial charge in [0.2, 0.25) is 0 Å². The van der Waals surface area contributed by atoms with E-state index in [9.17, 15) is 14.3 Å². The molecule has 0 spiro atoms. The molecule has 1 unspecified atom stereocenters. The van der Waals surface area contributed by atoms with E-state index in [0.717, 1.165) is 18.5 Å². The number of aromatic nitrogens is 2. The third-order valence-corrected chi connectivity index (χ3v) is 4.68. The maximum atomic E-state index is 13.1. The third-order valence-electron chi connectivity index (χ3n) is 4.68. The highest BCUT2D eigenvalue weighted by molar-refractivity contribution is 5.93. The van der Waals surface area contributed by atoms with Gasteiger partial charge in [-0.05, 0) is 43.5 Å². The first kappa shape index (κ1) is 18.3. The number of rotatable bonds is 4. The van der Waals surface area contributed by atoms with Crippen LogP contribution in [0.25, 0.3) is 0 Å². The Morgan fingerprint density at radius 2 is 2.19 bits per heavy atom. The average Bonchev–Trinajstić information content (AvgIpc) is 2.62.